The van der Waals surface area contributed by atoms with Gasteiger partial charge >= 0.3 is 5.97 Å². The minimum Gasteiger partial charge on any atom is -0.480 e. The second-order valence-electron chi connectivity index (χ2n) is 5.69. The van der Waals surface area contributed by atoms with Crippen molar-refractivity contribution in [3.63, 3.8) is 0 Å². The largest absolute Gasteiger partial charge is 0.480 e. The predicted molar refractivity (Wildman–Crippen MR) is 93.8 cm³/mol. The Hall–Kier alpha value is -2.06. The zero-order valence-corrected chi connectivity index (χ0v) is 14.6. The SMILES string of the molecule is CC(C)C(C(=O)O)N1C(=O)/C(=C/c2ccc3c(c2)OCO3)SC1=S. The van der Waals surface area contributed by atoms with Crippen molar-refractivity contribution in [3.8, 4) is 11.5 Å². The Balaban J connectivity index is 1.89. The van der Waals surface area contributed by atoms with Crippen LogP contribution in [0.3, 0.4) is 0 Å². The third-order valence-corrected chi connectivity index (χ3v) is 5.01. The number of carbonyl (C=O) groups excluding carboxylic acids is 1. The van der Waals surface area contributed by atoms with Gasteiger partial charge in [-0.3, -0.25) is 9.69 Å². The zero-order valence-electron chi connectivity index (χ0n) is 13.0. The number of nitrogens with zero attached hydrogens (tertiary/aromatic N) is 1. The minimum atomic E-state index is -1.06. The summed E-state index contributed by atoms with van der Waals surface area (Å²) in [5.41, 5.74) is 0.760. The van der Waals surface area contributed by atoms with E-state index in [0.717, 1.165) is 17.3 Å². The average molecular weight is 365 g/mol. The lowest BCUT2D eigenvalue weighted by molar-refractivity contribution is -0.146. The monoisotopic (exact) mass is 365 g/mol. The molecule has 8 heteroatoms. The molecule has 0 bridgehead atoms. The maximum absolute atomic E-state index is 12.6. The third-order valence-electron chi connectivity index (χ3n) is 3.68. The second-order valence-corrected chi connectivity index (χ2v) is 7.37. The van der Waals surface area contributed by atoms with E-state index in [2.05, 4.69) is 0 Å². The predicted octanol–water partition coefficient (Wildman–Crippen LogP) is 2.73. The topological polar surface area (TPSA) is 76.1 Å². The number of hydrogen-bond donors (Lipinski definition) is 1. The number of thioether (sulfide) groups is 1. The number of carboxylic acids is 1. The van der Waals surface area contributed by atoms with Gasteiger partial charge in [0.15, 0.2) is 11.5 Å². The Bertz CT molecular complexity index is 759. The Labute approximate surface area is 148 Å². The summed E-state index contributed by atoms with van der Waals surface area (Å²) in [7, 11) is 0. The number of fused-ring (bicyclic) bond motifs is 1. The fourth-order valence-electron chi connectivity index (χ4n) is 2.57. The van der Waals surface area contributed by atoms with Crippen molar-refractivity contribution in [2.45, 2.75) is 19.9 Å². The summed E-state index contributed by atoms with van der Waals surface area (Å²) in [6.45, 7) is 3.67. The molecule has 1 aromatic carbocycles. The summed E-state index contributed by atoms with van der Waals surface area (Å²) in [6, 6.07) is 4.37. The van der Waals surface area contributed by atoms with Crippen LogP contribution < -0.4 is 9.47 Å². The highest BCUT2D eigenvalue weighted by Gasteiger charge is 2.41. The Morgan fingerprint density at radius 2 is 2.08 bits per heavy atom. The van der Waals surface area contributed by atoms with E-state index in [4.69, 9.17) is 21.7 Å². The highest BCUT2D eigenvalue weighted by Crippen LogP contribution is 2.37. The molecule has 1 fully saturated rings. The summed E-state index contributed by atoms with van der Waals surface area (Å²) in [5, 5.41) is 9.41. The molecule has 24 heavy (non-hydrogen) atoms. The van der Waals surface area contributed by atoms with Gasteiger partial charge < -0.3 is 14.6 Å². The molecular formula is C16H15NO5S2. The van der Waals surface area contributed by atoms with E-state index in [9.17, 15) is 14.7 Å². The molecule has 1 N–H and O–H groups in total. The summed E-state index contributed by atoms with van der Waals surface area (Å²) in [5.74, 6) is -0.431. The van der Waals surface area contributed by atoms with Crippen molar-refractivity contribution < 1.29 is 24.2 Å². The van der Waals surface area contributed by atoms with Crippen LogP contribution in [0, 0.1) is 5.92 Å². The number of carbonyl (C=O) groups is 2. The maximum atomic E-state index is 12.6. The molecule has 0 spiro atoms. The summed E-state index contributed by atoms with van der Waals surface area (Å²) < 4.78 is 10.8. The van der Waals surface area contributed by atoms with Crippen LogP contribution in [0.5, 0.6) is 11.5 Å². The van der Waals surface area contributed by atoms with Crippen LogP contribution in [0.1, 0.15) is 19.4 Å². The molecule has 1 amide bonds. The number of carboxylic acid groups (broad SMARTS) is 1. The summed E-state index contributed by atoms with van der Waals surface area (Å²) in [6.07, 6.45) is 1.68. The van der Waals surface area contributed by atoms with Crippen LogP contribution in [0.4, 0.5) is 0 Å². The van der Waals surface area contributed by atoms with E-state index in [1.54, 1.807) is 38.1 Å². The highest BCUT2D eigenvalue weighted by molar-refractivity contribution is 8.26. The van der Waals surface area contributed by atoms with Crippen LogP contribution in [0.25, 0.3) is 6.08 Å². The van der Waals surface area contributed by atoms with Crippen LogP contribution >= 0.6 is 24.0 Å². The van der Waals surface area contributed by atoms with Crippen molar-refractivity contribution in [2.75, 3.05) is 6.79 Å². The lowest BCUT2D eigenvalue weighted by Gasteiger charge is -2.26. The van der Waals surface area contributed by atoms with Gasteiger partial charge in [-0.2, -0.15) is 0 Å². The van der Waals surface area contributed by atoms with E-state index in [-0.39, 0.29) is 22.9 Å². The molecule has 1 atom stereocenters. The first-order chi connectivity index (χ1) is 11.4. The van der Waals surface area contributed by atoms with Gasteiger partial charge in [0.2, 0.25) is 6.79 Å². The van der Waals surface area contributed by atoms with Gasteiger partial charge in [-0.05, 0) is 29.7 Å². The van der Waals surface area contributed by atoms with Crippen LogP contribution in [-0.4, -0.2) is 39.0 Å². The Morgan fingerprint density at radius 1 is 1.38 bits per heavy atom. The number of thiocarbonyl (C=S) groups is 1. The number of hydrogen-bond acceptors (Lipinski definition) is 6. The first-order valence-corrected chi connectivity index (χ1v) is 8.50. The molecule has 0 aromatic heterocycles. The molecule has 1 unspecified atom stereocenters. The van der Waals surface area contributed by atoms with Gasteiger partial charge in [-0.1, -0.05) is 43.9 Å². The smallest absolute Gasteiger partial charge is 0.327 e. The second kappa shape index (κ2) is 6.45. The molecule has 0 radical (unpaired) electrons. The molecule has 1 saturated heterocycles. The van der Waals surface area contributed by atoms with E-state index in [1.165, 1.54) is 4.90 Å². The lowest BCUT2D eigenvalue weighted by atomic mass is 10.0. The number of rotatable bonds is 4. The number of aliphatic carboxylic acids is 1. The van der Waals surface area contributed by atoms with Gasteiger partial charge in [0.25, 0.3) is 5.91 Å². The van der Waals surface area contributed by atoms with Crippen molar-refractivity contribution in [3.05, 3.63) is 28.7 Å². The van der Waals surface area contributed by atoms with Crippen LogP contribution in [0.15, 0.2) is 23.1 Å². The van der Waals surface area contributed by atoms with Gasteiger partial charge in [0.1, 0.15) is 10.4 Å². The number of amides is 1. The molecule has 0 saturated carbocycles. The molecule has 2 heterocycles. The first-order valence-electron chi connectivity index (χ1n) is 7.28. The molecular weight excluding hydrogens is 350 g/mol. The molecule has 0 aliphatic carbocycles. The Morgan fingerprint density at radius 3 is 2.75 bits per heavy atom. The number of benzene rings is 1. The zero-order chi connectivity index (χ0) is 17.4. The lowest BCUT2D eigenvalue weighted by Crippen LogP contribution is -2.47. The normalized spacial score (nSPS) is 19.5. The average Bonchev–Trinajstić information content (AvgIpc) is 3.06. The summed E-state index contributed by atoms with van der Waals surface area (Å²) in [4.78, 5) is 25.7. The minimum absolute atomic E-state index is 0.176. The van der Waals surface area contributed by atoms with Gasteiger partial charge in [0, 0.05) is 0 Å². The van der Waals surface area contributed by atoms with E-state index in [1.807, 2.05) is 0 Å². The van der Waals surface area contributed by atoms with Gasteiger partial charge in [0.05, 0.1) is 4.91 Å². The molecule has 2 aliphatic rings. The van der Waals surface area contributed by atoms with E-state index >= 15 is 0 Å². The standard InChI is InChI=1S/C16H15NO5S2/c1-8(2)13(15(19)20)17-14(18)12(24-16(17)23)6-9-3-4-10-11(5-9)22-7-21-10/h3-6,8,13H,7H2,1-2H3,(H,19,20)/b12-6-. The van der Waals surface area contributed by atoms with Crippen LogP contribution in [0.2, 0.25) is 0 Å². The van der Waals surface area contributed by atoms with Crippen molar-refractivity contribution in [1.29, 1.82) is 0 Å². The quantitative estimate of drug-likeness (QED) is 0.649. The van der Waals surface area contributed by atoms with Crippen molar-refractivity contribution in [1.82, 2.24) is 4.90 Å². The molecule has 2 aliphatic heterocycles. The molecule has 6 nitrogen and oxygen atoms in total. The Kier molecular flexibility index (Phi) is 4.51. The molecule has 3 rings (SSSR count). The highest BCUT2D eigenvalue weighted by atomic mass is 32.2. The summed E-state index contributed by atoms with van der Waals surface area (Å²) >= 11 is 6.33. The van der Waals surface area contributed by atoms with E-state index < -0.39 is 12.0 Å². The number of ether oxygens (including phenoxy) is 2. The van der Waals surface area contributed by atoms with Gasteiger partial charge in [-0.25, -0.2) is 4.79 Å². The first kappa shape index (κ1) is 16.8. The van der Waals surface area contributed by atoms with Crippen molar-refractivity contribution >= 4 is 46.3 Å². The van der Waals surface area contributed by atoms with Crippen LogP contribution in [-0.2, 0) is 9.59 Å². The fraction of sp³-hybridized carbons (Fsp3) is 0.312. The molecule has 1 aromatic rings. The molecule has 126 valence electrons. The maximum Gasteiger partial charge on any atom is 0.327 e. The van der Waals surface area contributed by atoms with Crippen molar-refractivity contribution in [2.24, 2.45) is 5.92 Å². The van der Waals surface area contributed by atoms with E-state index in [0.29, 0.717) is 16.4 Å². The fourth-order valence-corrected chi connectivity index (χ4v) is 3.90. The third kappa shape index (κ3) is 2.99. The van der Waals surface area contributed by atoms with Gasteiger partial charge in [-0.15, -0.1) is 0 Å².